The fourth-order valence-corrected chi connectivity index (χ4v) is 1.97. The molecule has 0 aromatic heterocycles. The number of rotatable bonds is 4. The van der Waals surface area contributed by atoms with E-state index in [9.17, 15) is 0 Å². The second-order valence-corrected chi connectivity index (χ2v) is 4.39. The van der Waals surface area contributed by atoms with Crippen molar-refractivity contribution in [1.29, 1.82) is 0 Å². The molecule has 0 radical (unpaired) electrons. The summed E-state index contributed by atoms with van der Waals surface area (Å²) in [6.45, 7) is 9.21. The highest BCUT2D eigenvalue weighted by atomic mass is 16.4. The number of benzene rings is 1. The minimum absolute atomic E-state index is 0.155. The molecule has 17 heavy (non-hydrogen) atoms. The number of aryl methyl sites for hydroxylation is 1. The summed E-state index contributed by atoms with van der Waals surface area (Å²) in [5.74, 6) is 0.155. The Kier molecular flexibility index (Phi) is 4.37. The van der Waals surface area contributed by atoms with E-state index < -0.39 is 0 Å². The van der Waals surface area contributed by atoms with Gasteiger partial charge < -0.3 is 15.8 Å². The van der Waals surface area contributed by atoms with E-state index in [1.165, 1.54) is 0 Å². The molecule has 0 saturated carbocycles. The molecule has 0 unspecified atom stereocenters. The summed E-state index contributed by atoms with van der Waals surface area (Å²) in [6.07, 6.45) is 0. The molecule has 0 bridgehead atoms. The molecule has 3 N–H and O–H groups in total. The van der Waals surface area contributed by atoms with Crippen molar-refractivity contribution in [3.63, 3.8) is 0 Å². The number of anilines is 1. The maximum atomic E-state index is 8.84. The minimum Gasteiger partial charge on any atom is -0.409 e. The third kappa shape index (κ3) is 2.90. The van der Waals surface area contributed by atoms with E-state index in [-0.39, 0.29) is 5.84 Å². The summed E-state index contributed by atoms with van der Waals surface area (Å²) in [6, 6.07) is 6.36. The van der Waals surface area contributed by atoms with Crippen LogP contribution < -0.4 is 10.6 Å². The fraction of sp³-hybridized carbons (Fsp3) is 0.462. The van der Waals surface area contributed by atoms with Gasteiger partial charge in [0, 0.05) is 23.8 Å². The summed E-state index contributed by atoms with van der Waals surface area (Å²) < 4.78 is 0. The van der Waals surface area contributed by atoms with Crippen LogP contribution in [-0.2, 0) is 0 Å². The molecule has 1 aromatic carbocycles. The monoisotopic (exact) mass is 235 g/mol. The number of hydrogen-bond donors (Lipinski definition) is 2. The van der Waals surface area contributed by atoms with Gasteiger partial charge in [-0.3, -0.25) is 0 Å². The number of nitrogens with zero attached hydrogens (tertiary/aromatic N) is 2. The first-order valence-electron chi connectivity index (χ1n) is 5.86. The second kappa shape index (κ2) is 5.57. The quantitative estimate of drug-likeness (QED) is 0.364. The Bertz CT molecular complexity index is 413. The summed E-state index contributed by atoms with van der Waals surface area (Å²) in [5.41, 5.74) is 8.61. The predicted octanol–water partition coefficient (Wildman–Crippen LogP) is 2.32. The van der Waals surface area contributed by atoms with Crippen LogP contribution in [0, 0.1) is 6.92 Å². The number of amidine groups is 1. The first-order chi connectivity index (χ1) is 8.01. The Hall–Kier alpha value is -1.71. The highest BCUT2D eigenvalue weighted by Crippen LogP contribution is 2.23. The normalized spacial score (nSPS) is 11.9. The Balaban J connectivity index is 3.31. The Morgan fingerprint density at radius 3 is 2.59 bits per heavy atom. The summed E-state index contributed by atoms with van der Waals surface area (Å²) in [4.78, 5) is 2.22. The van der Waals surface area contributed by atoms with Crippen molar-refractivity contribution in [3.8, 4) is 0 Å². The van der Waals surface area contributed by atoms with Crippen LogP contribution in [0.1, 0.15) is 31.9 Å². The van der Waals surface area contributed by atoms with Crippen molar-refractivity contribution in [2.24, 2.45) is 10.9 Å². The van der Waals surface area contributed by atoms with Crippen LogP contribution in [0.2, 0.25) is 0 Å². The lowest BCUT2D eigenvalue weighted by molar-refractivity contribution is 0.318. The van der Waals surface area contributed by atoms with Gasteiger partial charge >= 0.3 is 0 Å². The van der Waals surface area contributed by atoms with E-state index in [1.54, 1.807) is 0 Å². The van der Waals surface area contributed by atoms with Gasteiger partial charge in [-0.05, 0) is 39.8 Å². The summed E-state index contributed by atoms with van der Waals surface area (Å²) >= 11 is 0. The zero-order valence-electron chi connectivity index (χ0n) is 10.9. The molecule has 0 aliphatic rings. The molecule has 0 heterocycles. The zero-order chi connectivity index (χ0) is 13.0. The van der Waals surface area contributed by atoms with Gasteiger partial charge in [0.05, 0.1) is 0 Å². The Morgan fingerprint density at radius 2 is 2.12 bits per heavy atom. The van der Waals surface area contributed by atoms with Crippen LogP contribution in [0.4, 0.5) is 5.69 Å². The average Bonchev–Trinajstić information content (AvgIpc) is 2.30. The highest BCUT2D eigenvalue weighted by Gasteiger charge is 2.15. The third-order valence-corrected chi connectivity index (χ3v) is 2.81. The zero-order valence-corrected chi connectivity index (χ0v) is 10.9. The topological polar surface area (TPSA) is 61.8 Å². The van der Waals surface area contributed by atoms with E-state index in [1.807, 2.05) is 25.1 Å². The van der Waals surface area contributed by atoms with Gasteiger partial charge in [-0.15, -0.1) is 0 Å². The number of oxime groups is 1. The maximum absolute atomic E-state index is 8.84. The van der Waals surface area contributed by atoms with Crippen LogP contribution in [-0.4, -0.2) is 23.6 Å². The van der Waals surface area contributed by atoms with E-state index in [2.05, 4.69) is 30.8 Å². The predicted molar refractivity (Wildman–Crippen MR) is 71.8 cm³/mol. The number of hydrogen-bond acceptors (Lipinski definition) is 3. The smallest absolute Gasteiger partial charge is 0.172 e. The Labute approximate surface area is 103 Å². The van der Waals surface area contributed by atoms with Crippen LogP contribution >= 0.6 is 0 Å². The van der Waals surface area contributed by atoms with Crippen LogP contribution in [0.5, 0.6) is 0 Å². The molecule has 4 nitrogen and oxygen atoms in total. The average molecular weight is 235 g/mol. The highest BCUT2D eigenvalue weighted by molar-refractivity contribution is 6.02. The van der Waals surface area contributed by atoms with Gasteiger partial charge in [-0.25, -0.2) is 0 Å². The molecule has 0 atom stereocenters. The van der Waals surface area contributed by atoms with Crippen molar-refractivity contribution >= 4 is 11.5 Å². The van der Waals surface area contributed by atoms with E-state index >= 15 is 0 Å². The first kappa shape index (κ1) is 13.4. The van der Waals surface area contributed by atoms with Gasteiger partial charge in [0.2, 0.25) is 0 Å². The van der Waals surface area contributed by atoms with Crippen LogP contribution in [0.3, 0.4) is 0 Å². The van der Waals surface area contributed by atoms with Crippen LogP contribution in [0.15, 0.2) is 23.4 Å². The van der Waals surface area contributed by atoms with Gasteiger partial charge in [0.15, 0.2) is 5.84 Å². The van der Waals surface area contributed by atoms with Crippen molar-refractivity contribution in [2.75, 3.05) is 11.4 Å². The largest absolute Gasteiger partial charge is 0.409 e. The molecular weight excluding hydrogens is 214 g/mol. The number of nitrogens with two attached hydrogens (primary N) is 1. The third-order valence-electron chi connectivity index (χ3n) is 2.81. The first-order valence-corrected chi connectivity index (χ1v) is 5.86. The van der Waals surface area contributed by atoms with Crippen molar-refractivity contribution in [2.45, 2.75) is 33.7 Å². The molecular formula is C13H21N3O. The fourth-order valence-electron chi connectivity index (χ4n) is 1.97. The Morgan fingerprint density at radius 1 is 1.47 bits per heavy atom. The maximum Gasteiger partial charge on any atom is 0.172 e. The van der Waals surface area contributed by atoms with E-state index in [0.29, 0.717) is 6.04 Å². The standard InChI is InChI=1S/C13H21N3O/c1-5-16(9(2)3)12-7-6-10(4)8-11(12)13(14)15-17/h6-9,17H,5H2,1-4H3,(H2,14,15). The molecule has 0 fully saturated rings. The molecule has 0 spiro atoms. The molecule has 4 heteroatoms. The van der Waals surface area contributed by atoms with Gasteiger partial charge in [0.1, 0.15) is 0 Å². The molecule has 1 rings (SSSR count). The molecule has 0 aliphatic carbocycles. The SMILES string of the molecule is CCN(c1ccc(C)cc1/C(N)=N/O)C(C)C. The van der Waals surface area contributed by atoms with Gasteiger partial charge in [-0.1, -0.05) is 16.8 Å². The summed E-state index contributed by atoms with van der Waals surface area (Å²) in [7, 11) is 0. The molecule has 0 aliphatic heterocycles. The van der Waals surface area contributed by atoms with E-state index in [0.717, 1.165) is 23.4 Å². The van der Waals surface area contributed by atoms with E-state index in [4.69, 9.17) is 10.9 Å². The van der Waals surface area contributed by atoms with Crippen LogP contribution in [0.25, 0.3) is 0 Å². The van der Waals surface area contributed by atoms with Gasteiger partial charge in [-0.2, -0.15) is 0 Å². The van der Waals surface area contributed by atoms with Gasteiger partial charge in [0.25, 0.3) is 0 Å². The lowest BCUT2D eigenvalue weighted by atomic mass is 10.1. The lowest BCUT2D eigenvalue weighted by Crippen LogP contribution is -2.32. The lowest BCUT2D eigenvalue weighted by Gasteiger charge is -2.29. The van der Waals surface area contributed by atoms with Crippen molar-refractivity contribution < 1.29 is 5.21 Å². The second-order valence-electron chi connectivity index (χ2n) is 4.39. The molecule has 0 amide bonds. The summed E-state index contributed by atoms with van der Waals surface area (Å²) in [5, 5.41) is 11.9. The molecule has 94 valence electrons. The van der Waals surface area contributed by atoms with Crippen molar-refractivity contribution in [3.05, 3.63) is 29.3 Å². The molecule has 1 aromatic rings. The minimum atomic E-state index is 0.155. The van der Waals surface area contributed by atoms with Crippen molar-refractivity contribution in [1.82, 2.24) is 0 Å². The molecule has 0 saturated heterocycles.